The molecule has 0 fully saturated rings. The van der Waals surface area contributed by atoms with Gasteiger partial charge in [-0.2, -0.15) is 0 Å². The zero-order chi connectivity index (χ0) is 23.1. The van der Waals surface area contributed by atoms with Gasteiger partial charge in [-0.15, -0.1) is 0 Å². The largest absolute Gasteiger partial charge is 0.356 e. The van der Waals surface area contributed by atoms with Crippen LogP contribution in [0.1, 0.15) is 162 Å². The zero-order valence-corrected chi connectivity index (χ0v) is 22.6. The molecule has 0 spiro atoms. The van der Waals surface area contributed by atoms with Crippen molar-refractivity contribution < 1.29 is 0 Å². The van der Waals surface area contributed by atoms with E-state index < -0.39 is 0 Å². The lowest BCUT2D eigenvalue weighted by Crippen LogP contribution is -2.39. The molecule has 0 saturated heterocycles. The maximum absolute atomic E-state index is 2.67. The Morgan fingerprint density at radius 1 is 0.406 bits per heavy atom. The lowest BCUT2D eigenvalue weighted by atomic mass is 10.0. The average Bonchev–Trinajstić information content (AvgIpc) is 3.19. The van der Waals surface area contributed by atoms with E-state index in [4.69, 9.17) is 0 Å². The van der Waals surface area contributed by atoms with Crippen LogP contribution in [0.15, 0.2) is 12.4 Å². The third-order valence-electron chi connectivity index (χ3n) is 7.32. The van der Waals surface area contributed by atoms with E-state index in [-0.39, 0.29) is 0 Å². The average molecular weight is 449 g/mol. The van der Waals surface area contributed by atoms with Gasteiger partial charge in [0.15, 0.2) is 0 Å². The van der Waals surface area contributed by atoms with Gasteiger partial charge in [-0.05, 0) is 25.7 Å². The lowest BCUT2D eigenvalue weighted by Gasteiger charge is -2.33. The van der Waals surface area contributed by atoms with E-state index in [1.54, 1.807) is 0 Å². The predicted molar refractivity (Wildman–Crippen MR) is 145 cm³/mol. The molecule has 1 atom stereocenters. The van der Waals surface area contributed by atoms with Gasteiger partial charge in [-0.1, -0.05) is 136 Å². The van der Waals surface area contributed by atoms with E-state index in [0.717, 1.165) is 0 Å². The minimum absolute atomic E-state index is 0.644. The third kappa shape index (κ3) is 15.2. The van der Waals surface area contributed by atoms with Crippen molar-refractivity contribution in [2.24, 2.45) is 0 Å². The molecule has 2 heteroatoms. The first-order valence-electron chi connectivity index (χ1n) is 15.0. The normalized spacial score (nSPS) is 15.9. The number of unbranched alkanes of at least 4 members (excludes halogenated alkanes) is 18. The lowest BCUT2D eigenvalue weighted by molar-refractivity contribution is 0.136. The highest BCUT2D eigenvalue weighted by Crippen LogP contribution is 2.23. The van der Waals surface area contributed by atoms with Crippen LogP contribution >= 0.6 is 0 Å². The molecule has 1 rings (SSSR count). The maximum Gasteiger partial charge on any atom is 0.101 e. The van der Waals surface area contributed by atoms with Gasteiger partial charge in [0.25, 0.3) is 0 Å². The summed E-state index contributed by atoms with van der Waals surface area (Å²) in [4.78, 5) is 5.30. The van der Waals surface area contributed by atoms with E-state index in [0.29, 0.717) is 6.17 Å². The van der Waals surface area contributed by atoms with Crippen LogP contribution in [0, 0.1) is 0 Å². The Morgan fingerprint density at radius 3 is 1.19 bits per heavy atom. The minimum atomic E-state index is 0.644. The molecule has 190 valence electrons. The molecular formula is C30H60N2. The van der Waals surface area contributed by atoms with Gasteiger partial charge in [0.1, 0.15) is 6.17 Å². The van der Waals surface area contributed by atoms with Crippen LogP contribution in [0.5, 0.6) is 0 Å². The molecule has 0 saturated carbocycles. The molecular weight excluding hydrogens is 388 g/mol. The number of hydrogen-bond acceptors (Lipinski definition) is 2. The van der Waals surface area contributed by atoms with Crippen molar-refractivity contribution in [2.45, 2.75) is 168 Å². The summed E-state index contributed by atoms with van der Waals surface area (Å²) in [6.07, 6.45) is 36.6. The van der Waals surface area contributed by atoms with Crippen LogP contribution in [-0.2, 0) is 0 Å². The van der Waals surface area contributed by atoms with Crippen molar-refractivity contribution >= 4 is 0 Å². The van der Waals surface area contributed by atoms with Crippen molar-refractivity contribution in [3.8, 4) is 0 Å². The molecule has 0 N–H and O–H groups in total. The highest BCUT2D eigenvalue weighted by molar-refractivity contribution is 4.96. The standard InChI is InChI=1S/C30H60N2/c1-4-7-10-12-14-15-16-17-18-19-20-22-24-27-32-29-28-31(26-9-6-3)30(32)25-23-21-13-11-8-5-2/h28-30H,4-27H2,1-3H3. The van der Waals surface area contributed by atoms with E-state index in [1.165, 1.54) is 154 Å². The fourth-order valence-corrected chi connectivity index (χ4v) is 5.10. The Morgan fingerprint density at radius 2 is 0.750 bits per heavy atom. The fraction of sp³-hybridized carbons (Fsp3) is 0.933. The molecule has 1 heterocycles. The summed E-state index contributed by atoms with van der Waals surface area (Å²) in [5.74, 6) is 0. The molecule has 0 aromatic rings. The highest BCUT2D eigenvalue weighted by Gasteiger charge is 2.24. The van der Waals surface area contributed by atoms with Crippen molar-refractivity contribution in [1.29, 1.82) is 0 Å². The highest BCUT2D eigenvalue weighted by atomic mass is 15.4. The van der Waals surface area contributed by atoms with Crippen LogP contribution in [-0.4, -0.2) is 29.1 Å². The monoisotopic (exact) mass is 448 g/mol. The molecule has 0 bridgehead atoms. The summed E-state index contributed by atoms with van der Waals surface area (Å²) in [5, 5.41) is 0. The minimum Gasteiger partial charge on any atom is -0.356 e. The van der Waals surface area contributed by atoms with Crippen molar-refractivity contribution in [3.63, 3.8) is 0 Å². The zero-order valence-electron chi connectivity index (χ0n) is 22.6. The van der Waals surface area contributed by atoms with E-state index >= 15 is 0 Å². The topological polar surface area (TPSA) is 6.48 Å². The van der Waals surface area contributed by atoms with Crippen LogP contribution in [0.25, 0.3) is 0 Å². The fourth-order valence-electron chi connectivity index (χ4n) is 5.10. The van der Waals surface area contributed by atoms with Crippen molar-refractivity contribution in [3.05, 3.63) is 12.4 Å². The van der Waals surface area contributed by atoms with Crippen molar-refractivity contribution in [2.75, 3.05) is 13.1 Å². The molecule has 0 aromatic carbocycles. The van der Waals surface area contributed by atoms with E-state index in [1.807, 2.05) is 0 Å². The second kappa shape index (κ2) is 22.1. The molecule has 2 nitrogen and oxygen atoms in total. The van der Waals surface area contributed by atoms with E-state index in [2.05, 4.69) is 43.0 Å². The molecule has 1 aliphatic rings. The Kier molecular flexibility index (Phi) is 20.3. The molecule has 0 radical (unpaired) electrons. The van der Waals surface area contributed by atoms with Crippen LogP contribution in [0.3, 0.4) is 0 Å². The second-order valence-electron chi connectivity index (χ2n) is 10.4. The summed E-state index contributed by atoms with van der Waals surface area (Å²) in [6, 6.07) is 0. The third-order valence-corrected chi connectivity index (χ3v) is 7.32. The predicted octanol–water partition coefficient (Wildman–Crippen LogP) is 10.0. The van der Waals surface area contributed by atoms with Crippen LogP contribution in [0.2, 0.25) is 0 Å². The molecule has 1 unspecified atom stereocenters. The van der Waals surface area contributed by atoms with Crippen molar-refractivity contribution in [1.82, 2.24) is 9.80 Å². The molecule has 0 amide bonds. The second-order valence-corrected chi connectivity index (χ2v) is 10.4. The first kappa shape index (κ1) is 29.4. The molecule has 1 aliphatic heterocycles. The Balaban J connectivity index is 2.08. The van der Waals surface area contributed by atoms with Crippen LogP contribution < -0.4 is 0 Å². The van der Waals surface area contributed by atoms with Gasteiger partial charge in [-0.3, -0.25) is 0 Å². The summed E-state index contributed by atoms with van der Waals surface area (Å²) in [7, 11) is 0. The summed E-state index contributed by atoms with van der Waals surface area (Å²) in [6.45, 7) is 9.43. The van der Waals surface area contributed by atoms with Gasteiger partial charge < -0.3 is 9.80 Å². The Hall–Kier alpha value is -0.660. The van der Waals surface area contributed by atoms with Gasteiger partial charge in [0.05, 0.1) is 0 Å². The maximum atomic E-state index is 2.67. The summed E-state index contributed by atoms with van der Waals surface area (Å²) >= 11 is 0. The first-order chi connectivity index (χ1) is 15.8. The number of hydrogen-bond donors (Lipinski definition) is 0. The van der Waals surface area contributed by atoms with E-state index in [9.17, 15) is 0 Å². The summed E-state index contributed by atoms with van der Waals surface area (Å²) < 4.78 is 0. The van der Waals surface area contributed by atoms with Gasteiger partial charge in [0.2, 0.25) is 0 Å². The Bertz CT molecular complexity index is 406. The molecule has 0 aliphatic carbocycles. The molecule has 0 aromatic heterocycles. The first-order valence-corrected chi connectivity index (χ1v) is 15.0. The smallest absolute Gasteiger partial charge is 0.101 e. The quantitative estimate of drug-likeness (QED) is 0.135. The van der Waals surface area contributed by atoms with Crippen LogP contribution in [0.4, 0.5) is 0 Å². The van der Waals surface area contributed by atoms with Gasteiger partial charge >= 0.3 is 0 Å². The number of rotatable bonds is 24. The summed E-state index contributed by atoms with van der Waals surface area (Å²) in [5.41, 5.74) is 0. The number of nitrogens with zero attached hydrogens (tertiary/aromatic N) is 2. The van der Waals surface area contributed by atoms with Gasteiger partial charge in [0, 0.05) is 25.5 Å². The molecule has 32 heavy (non-hydrogen) atoms. The Labute approximate surface area is 203 Å². The SMILES string of the molecule is CCCCCCCCCCCCCCCN1C=CN(CCCC)C1CCCCCCCC. The van der Waals surface area contributed by atoms with Gasteiger partial charge in [-0.25, -0.2) is 0 Å².